The normalized spacial score (nSPS) is 13.9. The summed E-state index contributed by atoms with van der Waals surface area (Å²) >= 11 is 0. The Hall–Kier alpha value is -3.58. The average Bonchev–Trinajstić information content (AvgIpc) is 3.43. The highest BCUT2D eigenvalue weighted by molar-refractivity contribution is 5.77. The molecule has 0 amide bonds. The van der Waals surface area contributed by atoms with E-state index in [1.165, 1.54) is 0 Å². The van der Waals surface area contributed by atoms with Crippen molar-refractivity contribution in [1.29, 1.82) is 0 Å². The highest BCUT2D eigenvalue weighted by Crippen LogP contribution is 2.36. The van der Waals surface area contributed by atoms with E-state index in [4.69, 9.17) is 10.5 Å². The summed E-state index contributed by atoms with van der Waals surface area (Å²) < 4.78 is 5.64. The molecule has 140 valence electrons. The van der Waals surface area contributed by atoms with Gasteiger partial charge in [-0.2, -0.15) is 0 Å². The molecule has 1 aliphatic carbocycles. The first kappa shape index (κ1) is 16.6. The van der Waals surface area contributed by atoms with Crippen LogP contribution in [0.3, 0.4) is 0 Å². The maximum absolute atomic E-state index is 13.2. The van der Waals surface area contributed by atoms with Crippen LogP contribution in [0.4, 0.5) is 0 Å². The third kappa shape index (κ3) is 2.64. The molecule has 3 aromatic heterocycles. The minimum Gasteiger partial charge on any atom is -0.326 e. The van der Waals surface area contributed by atoms with E-state index >= 15 is 0 Å². The summed E-state index contributed by atoms with van der Waals surface area (Å²) in [7, 11) is 0. The van der Waals surface area contributed by atoms with Gasteiger partial charge >= 0.3 is 5.69 Å². The Labute approximate surface area is 159 Å². The standard InChI is InChI=1S/C19H18N8O/c20-24-22-9-10-25-15-4-2-1-3-14(15)23-18(25)12-26-17-11-21-8-7-16(17)27(19(26)28)13-5-6-13/h1-4,7-8,11,13H,5-6,9-10,12H2. The molecule has 0 atom stereocenters. The lowest BCUT2D eigenvalue weighted by atomic mass is 10.3. The van der Waals surface area contributed by atoms with Crippen molar-refractivity contribution < 1.29 is 0 Å². The lowest BCUT2D eigenvalue weighted by molar-refractivity contribution is 0.617. The van der Waals surface area contributed by atoms with E-state index in [0.29, 0.717) is 19.6 Å². The zero-order valence-corrected chi connectivity index (χ0v) is 15.1. The number of aromatic nitrogens is 5. The second-order valence-corrected chi connectivity index (χ2v) is 6.96. The molecule has 0 unspecified atom stereocenters. The van der Waals surface area contributed by atoms with E-state index in [2.05, 4.69) is 15.0 Å². The van der Waals surface area contributed by atoms with Gasteiger partial charge in [-0.3, -0.25) is 14.1 Å². The van der Waals surface area contributed by atoms with Crippen LogP contribution in [0.15, 0.2) is 52.6 Å². The summed E-state index contributed by atoms with van der Waals surface area (Å²) in [5, 5.41) is 3.65. The molecule has 0 bridgehead atoms. The quantitative estimate of drug-likeness (QED) is 0.294. The van der Waals surface area contributed by atoms with Crippen LogP contribution in [0.2, 0.25) is 0 Å². The van der Waals surface area contributed by atoms with Gasteiger partial charge in [0.2, 0.25) is 0 Å². The van der Waals surface area contributed by atoms with Crippen molar-refractivity contribution in [2.45, 2.75) is 32.0 Å². The Morgan fingerprint density at radius 2 is 2.00 bits per heavy atom. The van der Waals surface area contributed by atoms with E-state index in [1.807, 2.05) is 39.5 Å². The molecule has 0 saturated heterocycles. The number of imidazole rings is 2. The van der Waals surface area contributed by atoms with E-state index in [0.717, 1.165) is 40.7 Å². The first-order chi connectivity index (χ1) is 13.8. The molecule has 1 fully saturated rings. The second kappa shape index (κ2) is 6.54. The van der Waals surface area contributed by atoms with Gasteiger partial charge in [0.25, 0.3) is 0 Å². The van der Waals surface area contributed by atoms with E-state index in [9.17, 15) is 4.79 Å². The zero-order valence-electron chi connectivity index (χ0n) is 15.1. The van der Waals surface area contributed by atoms with Crippen LogP contribution in [0.1, 0.15) is 24.7 Å². The van der Waals surface area contributed by atoms with Gasteiger partial charge in [-0.05, 0) is 36.6 Å². The number of fused-ring (bicyclic) bond motifs is 2. The lowest BCUT2D eigenvalue weighted by Crippen LogP contribution is -2.25. The number of hydrogen-bond donors (Lipinski definition) is 0. The number of rotatable bonds is 6. The SMILES string of the molecule is [N-]=[N+]=NCCn1c(Cn2c(=O)n(C3CC3)c3ccncc32)nc2ccccc21. The molecule has 1 saturated carbocycles. The van der Waals surface area contributed by atoms with Crippen LogP contribution in [0.25, 0.3) is 32.5 Å². The summed E-state index contributed by atoms with van der Waals surface area (Å²) in [6, 6.07) is 10.00. The predicted octanol–water partition coefficient (Wildman–Crippen LogP) is 3.24. The molecule has 9 heteroatoms. The molecular weight excluding hydrogens is 356 g/mol. The zero-order chi connectivity index (χ0) is 19.1. The van der Waals surface area contributed by atoms with Crippen LogP contribution < -0.4 is 5.69 Å². The van der Waals surface area contributed by atoms with Gasteiger partial charge < -0.3 is 4.57 Å². The van der Waals surface area contributed by atoms with Crippen molar-refractivity contribution in [1.82, 2.24) is 23.7 Å². The molecule has 4 aromatic rings. The number of benzene rings is 1. The summed E-state index contributed by atoms with van der Waals surface area (Å²) in [5.41, 5.74) is 12.1. The number of hydrogen-bond acceptors (Lipinski definition) is 4. The van der Waals surface area contributed by atoms with Crippen molar-refractivity contribution in [3.63, 3.8) is 0 Å². The predicted molar refractivity (Wildman–Crippen MR) is 105 cm³/mol. The minimum atomic E-state index is -0.0286. The Kier molecular flexibility index (Phi) is 3.87. The third-order valence-electron chi connectivity index (χ3n) is 5.20. The number of para-hydroxylation sites is 2. The Morgan fingerprint density at radius 1 is 1.14 bits per heavy atom. The van der Waals surface area contributed by atoms with Crippen LogP contribution >= 0.6 is 0 Å². The fourth-order valence-electron chi connectivity index (χ4n) is 3.79. The second-order valence-electron chi connectivity index (χ2n) is 6.96. The average molecular weight is 374 g/mol. The van der Waals surface area contributed by atoms with Crippen LogP contribution in [0.5, 0.6) is 0 Å². The summed E-state index contributed by atoms with van der Waals surface area (Å²) in [6.45, 7) is 1.17. The van der Waals surface area contributed by atoms with Gasteiger partial charge in [0, 0.05) is 30.2 Å². The van der Waals surface area contributed by atoms with Crippen molar-refractivity contribution >= 4 is 22.1 Å². The topological polar surface area (TPSA) is 106 Å². The van der Waals surface area contributed by atoms with Crippen molar-refractivity contribution in [3.8, 4) is 0 Å². The van der Waals surface area contributed by atoms with Crippen LogP contribution in [-0.2, 0) is 13.1 Å². The molecule has 0 N–H and O–H groups in total. The van der Waals surface area contributed by atoms with Gasteiger partial charge in [0.1, 0.15) is 5.82 Å². The fraction of sp³-hybridized carbons (Fsp3) is 0.316. The molecule has 3 heterocycles. The largest absolute Gasteiger partial charge is 0.329 e. The molecule has 0 radical (unpaired) electrons. The number of pyridine rings is 1. The molecule has 1 aliphatic rings. The van der Waals surface area contributed by atoms with Gasteiger partial charge in [0.15, 0.2) is 0 Å². The molecule has 28 heavy (non-hydrogen) atoms. The van der Waals surface area contributed by atoms with Gasteiger partial charge in [0.05, 0.1) is 34.8 Å². The third-order valence-corrected chi connectivity index (χ3v) is 5.20. The summed E-state index contributed by atoms with van der Waals surface area (Å²) in [6.07, 6.45) is 5.53. The fourth-order valence-corrected chi connectivity index (χ4v) is 3.79. The van der Waals surface area contributed by atoms with E-state index in [-0.39, 0.29) is 11.7 Å². The number of nitrogens with zero attached hydrogens (tertiary/aromatic N) is 8. The maximum atomic E-state index is 13.2. The Bertz CT molecular complexity index is 1290. The van der Waals surface area contributed by atoms with Gasteiger partial charge in [-0.15, -0.1) is 0 Å². The first-order valence-corrected chi connectivity index (χ1v) is 9.27. The van der Waals surface area contributed by atoms with Gasteiger partial charge in [-0.25, -0.2) is 9.78 Å². The van der Waals surface area contributed by atoms with E-state index < -0.39 is 0 Å². The monoisotopic (exact) mass is 374 g/mol. The molecule has 1 aromatic carbocycles. The summed E-state index contributed by atoms with van der Waals surface area (Å²) in [4.78, 5) is 25.0. The first-order valence-electron chi connectivity index (χ1n) is 9.27. The van der Waals surface area contributed by atoms with Gasteiger partial charge in [-0.1, -0.05) is 17.2 Å². The molecule has 0 spiro atoms. The van der Waals surface area contributed by atoms with E-state index in [1.54, 1.807) is 17.0 Å². The highest BCUT2D eigenvalue weighted by atomic mass is 16.1. The Balaban J connectivity index is 1.65. The van der Waals surface area contributed by atoms with Crippen molar-refractivity contribution in [2.24, 2.45) is 5.11 Å². The van der Waals surface area contributed by atoms with Crippen LogP contribution in [0, 0.1) is 0 Å². The van der Waals surface area contributed by atoms with Crippen molar-refractivity contribution in [2.75, 3.05) is 6.54 Å². The Morgan fingerprint density at radius 3 is 2.82 bits per heavy atom. The molecule has 9 nitrogen and oxygen atoms in total. The molecule has 0 aliphatic heterocycles. The lowest BCUT2D eigenvalue weighted by Gasteiger charge is -2.08. The minimum absolute atomic E-state index is 0.0286. The number of azide groups is 1. The summed E-state index contributed by atoms with van der Waals surface area (Å²) in [5.74, 6) is 0.759. The van der Waals surface area contributed by atoms with Crippen LogP contribution in [-0.4, -0.2) is 30.2 Å². The highest BCUT2D eigenvalue weighted by Gasteiger charge is 2.29. The van der Waals surface area contributed by atoms with Crippen molar-refractivity contribution in [3.05, 3.63) is 69.5 Å². The molecular formula is C19H18N8O. The smallest absolute Gasteiger partial charge is 0.326 e. The maximum Gasteiger partial charge on any atom is 0.329 e. The molecule has 5 rings (SSSR count).